The monoisotopic (exact) mass is 326 g/mol. The Hall–Kier alpha value is -1.24. The summed E-state index contributed by atoms with van der Waals surface area (Å²) in [6.07, 6.45) is 0.576. The molecule has 0 radical (unpaired) electrons. The molecule has 0 amide bonds. The van der Waals surface area contributed by atoms with Gasteiger partial charge in [0.05, 0.1) is 11.7 Å². The maximum absolute atomic E-state index is 13.9. The van der Waals surface area contributed by atoms with E-state index >= 15 is 0 Å². The predicted octanol–water partition coefficient (Wildman–Crippen LogP) is 2.38. The van der Waals surface area contributed by atoms with Crippen molar-refractivity contribution >= 4 is 15.9 Å². The van der Waals surface area contributed by atoms with Gasteiger partial charge in [-0.3, -0.25) is 16.0 Å². The van der Waals surface area contributed by atoms with E-state index < -0.39 is 0 Å². The molecular weight excluding hydrogens is 311 g/mol. The molecule has 2 rings (SSSR count). The molecule has 0 saturated carbocycles. The maximum Gasteiger partial charge on any atom is 0.129 e. The summed E-state index contributed by atoms with van der Waals surface area (Å²) in [5.41, 5.74) is 5.15. The first-order valence-electron chi connectivity index (χ1n) is 5.92. The van der Waals surface area contributed by atoms with Crippen LogP contribution in [0.1, 0.15) is 23.0 Å². The summed E-state index contributed by atoms with van der Waals surface area (Å²) in [7, 11) is 1.87. The van der Waals surface area contributed by atoms with Gasteiger partial charge in [-0.25, -0.2) is 4.39 Å². The van der Waals surface area contributed by atoms with Crippen molar-refractivity contribution in [3.63, 3.8) is 0 Å². The SMILES string of the molecule is Cc1cc(CC(NN)c2ccc(Br)cc2F)n(C)n1. The second kappa shape index (κ2) is 5.81. The van der Waals surface area contributed by atoms with Crippen molar-refractivity contribution in [2.24, 2.45) is 12.9 Å². The first-order chi connectivity index (χ1) is 9.01. The van der Waals surface area contributed by atoms with Crippen LogP contribution in [0.5, 0.6) is 0 Å². The lowest BCUT2D eigenvalue weighted by molar-refractivity contribution is 0.497. The highest BCUT2D eigenvalue weighted by atomic mass is 79.9. The van der Waals surface area contributed by atoms with E-state index in [2.05, 4.69) is 26.5 Å². The van der Waals surface area contributed by atoms with Gasteiger partial charge in [-0.05, 0) is 25.1 Å². The van der Waals surface area contributed by atoms with E-state index in [1.54, 1.807) is 16.8 Å². The molecule has 3 N–H and O–H groups in total. The predicted molar refractivity (Wildman–Crippen MR) is 75.8 cm³/mol. The number of halogens is 2. The fraction of sp³-hybridized carbons (Fsp3) is 0.308. The Kier molecular flexibility index (Phi) is 4.34. The zero-order valence-corrected chi connectivity index (χ0v) is 12.4. The van der Waals surface area contributed by atoms with Crippen LogP contribution in [0.15, 0.2) is 28.7 Å². The molecule has 1 aromatic carbocycles. The van der Waals surface area contributed by atoms with Gasteiger partial charge in [-0.15, -0.1) is 0 Å². The number of aromatic nitrogens is 2. The van der Waals surface area contributed by atoms with Gasteiger partial charge in [0.15, 0.2) is 0 Å². The van der Waals surface area contributed by atoms with Crippen LogP contribution in [-0.4, -0.2) is 9.78 Å². The topological polar surface area (TPSA) is 55.9 Å². The second-order valence-corrected chi connectivity index (χ2v) is 5.41. The summed E-state index contributed by atoms with van der Waals surface area (Å²) in [6.45, 7) is 1.93. The van der Waals surface area contributed by atoms with E-state index in [9.17, 15) is 4.39 Å². The number of hydrogen-bond donors (Lipinski definition) is 2. The van der Waals surface area contributed by atoms with Gasteiger partial charge >= 0.3 is 0 Å². The molecule has 0 aliphatic rings. The zero-order valence-electron chi connectivity index (χ0n) is 10.8. The molecular formula is C13H16BrFN4. The quantitative estimate of drug-likeness (QED) is 0.670. The first-order valence-corrected chi connectivity index (χ1v) is 6.71. The summed E-state index contributed by atoms with van der Waals surface area (Å²) in [5.74, 6) is 5.28. The van der Waals surface area contributed by atoms with Crippen LogP contribution in [0.3, 0.4) is 0 Å². The van der Waals surface area contributed by atoms with Crippen molar-refractivity contribution in [1.29, 1.82) is 0 Å². The summed E-state index contributed by atoms with van der Waals surface area (Å²) in [4.78, 5) is 0. The Labute approximate surface area is 119 Å². The average molecular weight is 327 g/mol. The van der Waals surface area contributed by atoms with Gasteiger partial charge in [0.25, 0.3) is 0 Å². The third-order valence-corrected chi connectivity index (χ3v) is 3.54. The molecule has 0 spiro atoms. The Morgan fingerprint density at radius 1 is 1.47 bits per heavy atom. The van der Waals surface area contributed by atoms with Crippen LogP contribution >= 0.6 is 15.9 Å². The van der Waals surface area contributed by atoms with Gasteiger partial charge in [0, 0.05) is 29.2 Å². The van der Waals surface area contributed by atoms with E-state index in [-0.39, 0.29) is 11.9 Å². The van der Waals surface area contributed by atoms with E-state index in [0.717, 1.165) is 11.4 Å². The molecule has 0 fully saturated rings. The zero-order chi connectivity index (χ0) is 14.0. The molecule has 1 heterocycles. The number of benzene rings is 1. The van der Waals surface area contributed by atoms with Crippen molar-refractivity contribution < 1.29 is 4.39 Å². The Bertz CT molecular complexity index is 582. The minimum absolute atomic E-state index is 0.281. The van der Waals surface area contributed by atoms with Crippen LogP contribution in [0.4, 0.5) is 4.39 Å². The highest BCUT2D eigenvalue weighted by molar-refractivity contribution is 9.10. The van der Waals surface area contributed by atoms with Gasteiger partial charge in [0.2, 0.25) is 0 Å². The standard InChI is InChI=1S/C13H16BrFN4/c1-8-5-10(19(2)18-8)7-13(17-16)11-4-3-9(14)6-12(11)15/h3-6,13,17H,7,16H2,1-2H3. The smallest absolute Gasteiger partial charge is 0.129 e. The lowest BCUT2D eigenvalue weighted by Crippen LogP contribution is -2.30. The van der Waals surface area contributed by atoms with Gasteiger partial charge in [0.1, 0.15) is 5.82 Å². The van der Waals surface area contributed by atoms with Gasteiger partial charge in [-0.2, -0.15) is 5.10 Å². The minimum atomic E-state index is -0.289. The number of nitrogens with two attached hydrogens (primary N) is 1. The van der Waals surface area contributed by atoms with Crippen molar-refractivity contribution in [2.75, 3.05) is 0 Å². The van der Waals surface area contributed by atoms with Gasteiger partial charge in [-0.1, -0.05) is 22.0 Å². The number of hydrogen-bond acceptors (Lipinski definition) is 3. The molecule has 102 valence electrons. The van der Waals surface area contributed by atoms with Crippen molar-refractivity contribution in [3.8, 4) is 0 Å². The Morgan fingerprint density at radius 2 is 2.21 bits per heavy atom. The minimum Gasteiger partial charge on any atom is -0.272 e. The molecule has 2 aromatic rings. The third kappa shape index (κ3) is 3.20. The fourth-order valence-electron chi connectivity index (χ4n) is 2.11. The first kappa shape index (κ1) is 14.2. The van der Waals surface area contributed by atoms with Crippen LogP contribution in [-0.2, 0) is 13.5 Å². The lowest BCUT2D eigenvalue weighted by atomic mass is 10.0. The highest BCUT2D eigenvalue weighted by Crippen LogP contribution is 2.23. The van der Waals surface area contributed by atoms with Gasteiger partial charge < -0.3 is 0 Å². The molecule has 19 heavy (non-hydrogen) atoms. The van der Waals surface area contributed by atoms with Crippen LogP contribution < -0.4 is 11.3 Å². The highest BCUT2D eigenvalue weighted by Gasteiger charge is 2.17. The van der Waals surface area contributed by atoms with Crippen molar-refractivity contribution in [2.45, 2.75) is 19.4 Å². The molecule has 0 aliphatic heterocycles. The summed E-state index contributed by atoms with van der Waals surface area (Å²) < 4.78 is 16.4. The summed E-state index contributed by atoms with van der Waals surface area (Å²) in [5, 5.41) is 4.28. The number of nitrogens with one attached hydrogen (secondary N) is 1. The Morgan fingerprint density at radius 3 is 2.74 bits per heavy atom. The normalized spacial score (nSPS) is 12.7. The third-order valence-electron chi connectivity index (χ3n) is 3.05. The molecule has 1 atom stereocenters. The number of aryl methyl sites for hydroxylation is 2. The van der Waals surface area contributed by atoms with Crippen molar-refractivity contribution in [3.05, 3.63) is 51.5 Å². The van der Waals surface area contributed by atoms with E-state index in [4.69, 9.17) is 5.84 Å². The van der Waals surface area contributed by atoms with E-state index in [0.29, 0.717) is 16.5 Å². The molecule has 6 heteroatoms. The molecule has 0 bridgehead atoms. The Balaban J connectivity index is 2.27. The van der Waals surface area contributed by atoms with Crippen LogP contribution in [0.2, 0.25) is 0 Å². The molecule has 1 unspecified atom stereocenters. The number of rotatable bonds is 4. The maximum atomic E-state index is 13.9. The van der Waals surface area contributed by atoms with Crippen LogP contribution in [0, 0.1) is 12.7 Å². The van der Waals surface area contributed by atoms with Crippen LogP contribution in [0.25, 0.3) is 0 Å². The fourth-order valence-corrected chi connectivity index (χ4v) is 2.44. The summed E-state index contributed by atoms with van der Waals surface area (Å²) in [6, 6.07) is 6.66. The molecule has 0 saturated heterocycles. The molecule has 0 aliphatic carbocycles. The lowest BCUT2D eigenvalue weighted by Gasteiger charge is -2.17. The number of hydrazine groups is 1. The van der Waals surface area contributed by atoms with Crippen molar-refractivity contribution in [1.82, 2.24) is 15.2 Å². The van der Waals surface area contributed by atoms with E-state index in [1.165, 1.54) is 6.07 Å². The molecule has 4 nitrogen and oxygen atoms in total. The van der Waals surface area contributed by atoms with E-state index in [1.807, 2.05) is 20.0 Å². The molecule has 1 aromatic heterocycles. The summed E-state index contributed by atoms with van der Waals surface area (Å²) >= 11 is 3.24. The average Bonchev–Trinajstić information content (AvgIpc) is 2.65. The largest absolute Gasteiger partial charge is 0.272 e. The number of nitrogens with zero attached hydrogens (tertiary/aromatic N) is 2. The second-order valence-electron chi connectivity index (χ2n) is 4.49.